The molecule has 50 heavy (non-hydrogen) atoms. The van der Waals surface area contributed by atoms with E-state index < -0.39 is 99.4 Å². The van der Waals surface area contributed by atoms with Crippen LogP contribution < -0.4 is 4.74 Å². The molecular weight excluding hydrogens is 660 g/mol. The zero-order valence-electron chi connectivity index (χ0n) is 28.4. The minimum absolute atomic E-state index is 0.0851. The summed E-state index contributed by atoms with van der Waals surface area (Å²) in [5.41, 5.74) is 1.97. The second-order valence-corrected chi connectivity index (χ2v) is 14.2. The summed E-state index contributed by atoms with van der Waals surface area (Å²) in [7, 11) is 0. The fourth-order valence-corrected chi connectivity index (χ4v) is 8.21. The van der Waals surface area contributed by atoms with Gasteiger partial charge in [-0.3, -0.25) is 0 Å². The van der Waals surface area contributed by atoms with Crippen molar-refractivity contribution in [2.75, 3.05) is 19.8 Å². The largest absolute Gasteiger partial charge is 0.482 e. The molecule has 5 rings (SSSR count). The van der Waals surface area contributed by atoms with Crippen molar-refractivity contribution in [2.24, 2.45) is 17.8 Å². The zero-order valence-corrected chi connectivity index (χ0v) is 28.4. The number of benzene rings is 1. The van der Waals surface area contributed by atoms with Crippen molar-refractivity contribution in [3.05, 3.63) is 29.3 Å². The molecule has 1 aromatic carbocycles. The van der Waals surface area contributed by atoms with Crippen LogP contribution in [0, 0.1) is 17.8 Å². The molecule has 15 atom stereocenters. The van der Waals surface area contributed by atoms with Crippen molar-refractivity contribution in [3.63, 3.8) is 0 Å². The predicted molar refractivity (Wildman–Crippen MR) is 173 cm³/mol. The Bertz CT molecular complexity index is 1230. The van der Waals surface area contributed by atoms with E-state index in [2.05, 4.69) is 6.92 Å². The van der Waals surface area contributed by atoms with E-state index in [1.54, 1.807) is 6.07 Å². The molecule has 15 heteroatoms. The Morgan fingerprint density at radius 3 is 2.16 bits per heavy atom. The van der Waals surface area contributed by atoms with E-state index >= 15 is 0 Å². The van der Waals surface area contributed by atoms with Gasteiger partial charge in [-0.15, -0.1) is 0 Å². The summed E-state index contributed by atoms with van der Waals surface area (Å²) in [4.78, 5) is 11.2. The zero-order chi connectivity index (χ0) is 36.1. The van der Waals surface area contributed by atoms with Gasteiger partial charge in [-0.1, -0.05) is 38.3 Å². The van der Waals surface area contributed by atoms with Crippen molar-refractivity contribution in [1.82, 2.24) is 0 Å². The fraction of sp³-hybridized carbons (Fsp3) is 0.800. The van der Waals surface area contributed by atoms with Gasteiger partial charge in [0.1, 0.15) is 54.6 Å². The summed E-state index contributed by atoms with van der Waals surface area (Å²) in [6.07, 6.45) is -8.83. The maximum atomic E-state index is 11.2. The number of aliphatic carboxylic acids is 1. The Labute approximate surface area is 291 Å². The summed E-state index contributed by atoms with van der Waals surface area (Å²) in [6.45, 7) is 0.446. The van der Waals surface area contributed by atoms with Crippen LogP contribution in [0.4, 0.5) is 0 Å². The van der Waals surface area contributed by atoms with E-state index in [9.17, 15) is 50.8 Å². The molecule has 1 saturated carbocycles. The summed E-state index contributed by atoms with van der Waals surface area (Å²) in [6, 6.07) is 5.59. The van der Waals surface area contributed by atoms with Crippen LogP contribution in [0.5, 0.6) is 5.75 Å². The predicted octanol–water partition coefficient (Wildman–Crippen LogP) is -0.768. The lowest BCUT2D eigenvalue weighted by Crippen LogP contribution is -2.60. The highest BCUT2D eigenvalue weighted by molar-refractivity contribution is 5.68. The lowest BCUT2D eigenvalue weighted by Gasteiger charge is -2.42. The Hall–Kier alpha value is -1.99. The second-order valence-electron chi connectivity index (χ2n) is 14.2. The third-order valence-corrected chi connectivity index (χ3v) is 11.0. The maximum Gasteiger partial charge on any atom is 0.341 e. The molecular formula is C35H54O15. The normalized spacial score (nSPS) is 39.1. The SMILES string of the molecule is CCCCC[C@H](CC[C@H]1[C@@H]2Cc3cccc(OCC(=O)O)c3C[C@@H]2C[C@@H]1OC1O[C@H](CO)[C@@H](O)[C@H](O)[C@H]1O)OC1O[C@H](CO)[C@@H](O)[C@H](O)[C@H]1O. The first-order chi connectivity index (χ1) is 24.0. The van der Waals surface area contributed by atoms with Crippen LogP contribution >= 0.6 is 0 Å². The van der Waals surface area contributed by atoms with E-state index in [1.807, 2.05) is 12.1 Å². The number of unbranched alkanes of at least 4 members (excludes halogenated alkanes) is 2. The molecule has 2 heterocycles. The van der Waals surface area contributed by atoms with Gasteiger partial charge in [-0.25, -0.2) is 4.79 Å². The van der Waals surface area contributed by atoms with Crippen molar-refractivity contribution in [1.29, 1.82) is 0 Å². The first-order valence-electron chi connectivity index (χ1n) is 17.8. The molecule has 4 aliphatic rings. The molecule has 0 bridgehead atoms. The van der Waals surface area contributed by atoms with Gasteiger partial charge < -0.3 is 69.6 Å². The van der Waals surface area contributed by atoms with E-state index in [1.165, 1.54) is 0 Å². The third-order valence-electron chi connectivity index (χ3n) is 11.0. The molecule has 9 N–H and O–H groups in total. The average Bonchev–Trinajstić information content (AvgIpc) is 3.44. The molecule has 0 aromatic heterocycles. The number of aliphatic hydroxyl groups is 8. The van der Waals surface area contributed by atoms with E-state index in [0.29, 0.717) is 44.3 Å². The van der Waals surface area contributed by atoms with Crippen molar-refractivity contribution in [3.8, 4) is 5.75 Å². The lowest BCUT2D eigenvalue weighted by molar-refractivity contribution is -0.315. The van der Waals surface area contributed by atoms with Crippen LogP contribution in [0.25, 0.3) is 0 Å². The molecule has 2 unspecified atom stereocenters. The highest BCUT2D eigenvalue weighted by Gasteiger charge is 2.51. The Kier molecular flexibility index (Phi) is 13.9. The van der Waals surface area contributed by atoms with Gasteiger partial charge in [-0.2, -0.15) is 0 Å². The summed E-state index contributed by atoms with van der Waals surface area (Å²) < 4.78 is 29.7. The summed E-state index contributed by atoms with van der Waals surface area (Å²) in [5.74, 6) is -0.500. The quantitative estimate of drug-likeness (QED) is 0.0955. The standard InChI is InChI=1S/C35H54O15/c1-2-3-4-7-19(47-34-32(44)30(42)28(40)25(14-36)49-34)9-10-20-21-11-17-6-5-8-23(46-16-27(38)39)22(17)12-18(21)13-24(20)48-35-33(45)31(43)29(41)26(15-37)50-35/h5-6,8,18-21,24-26,28-37,40-45H,2-4,7,9-16H2,1H3,(H,38,39)/t18-,19-,20+,21-,24+,25-,26-,28-,29-,30+,31+,32-,33-,34?,35?/m1/s1. The number of carboxylic acid groups (broad SMARTS) is 1. The lowest BCUT2D eigenvalue weighted by atomic mass is 9.73. The first kappa shape index (κ1) is 39.2. The summed E-state index contributed by atoms with van der Waals surface area (Å²) >= 11 is 0. The molecule has 0 radical (unpaired) electrons. The van der Waals surface area contributed by atoms with Gasteiger partial charge in [-0.05, 0) is 73.5 Å². The number of fused-ring (bicyclic) bond motifs is 2. The number of carboxylic acids is 1. The highest BCUT2D eigenvalue weighted by atomic mass is 16.7. The van der Waals surface area contributed by atoms with Gasteiger partial charge in [0.05, 0.1) is 25.4 Å². The molecule has 15 nitrogen and oxygen atoms in total. The molecule has 0 amide bonds. The molecule has 284 valence electrons. The number of ether oxygens (including phenoxy) is 5. The van der Waals surface area contributed by atoms with Crippen LogP contribution in [0.2, 0.25) is 0 Å². The molecule has 1 aromatic rings. The number of hydrogen-bond acceptors (Lipinski definition) is 14. The highest BCUT2D eigenvalue weighted by Crippen LogP contribution is 2.50. The number of hydrogen-bond donors (Lipinski definition) is 9. The third kappa shape index (κ3) is 8.78. The number of carbonyl (C=O) groups is 1. The smallest absolute Gasteiger partial charge is 0.341 e. The first-order valence-corrected chi connectivity index (χ1v) is 17.8. The maximum absolute atomic E-state index is 11.2. The van der Waals surface area contributed by atoms with E-state index in [4.69, 9.17) is 23.7 Å². The van der Waals surface area contributed by atoms with Gasteiger partial charge >= 0.3 is 5.97 Å². The molecule has 3 fully saturated rings. The van der Waals surface area contributed by atoms with Gasteiger partial charge in [0.15, 0.2) is 19.2 Å². The monoisotopic (exact) mass is 714 g/mol. The average molecular weight is 715 g/mol. The van der Waals surface area contributed by atoms with Crippen molar-refractivity contribution in [2.45, 2.75) is 138 Å². The molecule has 0 spiro atoms. The van der Waals surface area contributed by atoms with Gasteiger partial charge in [0.25, 0.3) is 0 Å². The van der Waals surface area contributed by atoms with Crippen molar-refractivity contribution >= 4 is 5.97 Å². The van der Waals surface area contributed by atoms with Crippen LogP contribution in [0.3, 0.4) is 0 Å². The minimum atomic E-state index is -1.60. The van der Waals surface area contributed by atoms with Gasteiger partial charge in [0.2, 0.25) is 0 Å². The topological polar surface area (TPSA) is 245 Å². The van der Waals surface area contributed by atoms with E-state index in [-0.39, 0.29) is 17.8 Å². The molecule has 2 aliphatic carbocycles. The van der Waals surface area contributed by atoms with Crippen molar-refractivity contribution < 1.29 is 74.4 Å². The molecule has 2 aliphatic heterocycles. The summed E-state index contributed by atoms with van der Waals surface area (Å²) in [5, 5.41) is 91.5. The van der Waals surface area contributed by atoms with Gasteiger partial charge in [0, 0.05) is 0 Å². The fourth-order valence-electron chi connectivity index (χ4n) is 8.21. The number of aliphatic hydroxyl groups excluding tert-OH is 8. The van der Waals surface area contributed by atoms with Crippen LogP contribution in [0.1, 0.15) is 63.0 Å². The Morgan fingerprint density at radius 2 is 1.52 bits per heavy atom. The Morgan fingerprint density at radius 1 is 0.860 bits per heavy atom. The second kappa shape index (κ2) is 17.7. The minimum Gasteiger partial charge on any atom is -0.482 e. The van der Waals surface area contributed by atoms with E-state index in [0.717, 1.165) is 30.4 Å². The Balaban J connectivity index is 1.37. The van der Waals surface area contributed by atoms with Crippen LogP contribution in [-0.2, 0) is 36.6 Å². The van der Waals surface area contributed by atoms with Crippen LogP contribution in [0.15, 0.2) is 18.2 Å². The molecule has 2 saturated heterocycles. The van der Waals surface area contributed by atoms with Crippen LogP contribution in [-0.4, -0.2) is 145 Å². The number of rotatable bonds is 16.